The lowest BCUT2D eigenvalue weighted by atomic mass is 9.74. The summed E-state index contributed by atoms with van der Waals surface area (Å²) >= 11 is 0. The topological polar surface area (TPSA) is 194 Å². The summed E-state index contributed by atoms with van der Waals surface area (Å²) in [5, 5.41) is 57.6. The van der Waals surface area contributed by atoms with Gasteiger partial charge in [-0.2, -0.15) is 0 Å². The van der Waals surface area contributed by atoms with Crippen LogP contribution < -0.4 is 0 Å². The van der Waals surface area contributed by atoms with E-state index < -0.39 is 108 Å². The van der Waals surface area contributed by atoms with Crippen LogP contribution in [0.5, 0.6) is 0 Å². The van der Waals surface area contributed by atoms with E-state index in [0.717, 1.165) is 0 Å². The van der Waals surface area contributed by atoms with Crippen molar-refractivity contribution in [2.24, 2.45) is 23.7 Å². The zero-order valence-corrected chi connectivity index (χ0v) is 32.9. The van der Waals surface area contributed by atoms with Crippen molar-refractivity contribution < 1.29 is 63.5 Å². The highest BCUT2D eigenvalue weighted by Crippen LogP contribution is 2.40. The maximum atomic E-state index is 14.1. The fraction of sp³-hybridized carbons (Fsp3) is 0.946. The maximum absolute atomic E-state index is 14.1. The molecular formula is C37H67NO13. The molecule has 0 aromatic carbocycles. The Morgan fingerprint density at radius 2 is 1.49 bits per heavy atom. The number of hydrogen-bond donors (Lipinski definition) is 5. The molecule has 51 heavy (non-hydrogen) atoms. The Hall–Kier alpha value is -1.30. The summed E-state index contributed by atoms with van der Waals surface area (Å²) in [6, 6.07) is -0.324. The molecular weight excluding hydrogens is 666 g/mol. The number of hydrogen-bond acceptors (Lipinski definition) is 14. The first-order valence-electron chi connectivity index (χ1n) is 18.5. The van der Waals surface area contributed by atoms with Gasteiger partial charge in [-0.15, -0.1) is 0 Å². The lowest BCUT2D eigenvalue weighted by Crippen LogP contribution is -2.61. The van der Waals surface area contributed by atoms with Gasteiger partial charge in [0, 0.05) is 37.3 Å². The first kappa shape index (κ1) is 44.1. The number of rotatable bonds is 7. The Labute approximate surface area is 304 Å². The first-order valence-corrected chi connectivity index (χ1v) is 18.5. The number of carbonyl (C=O) groups is 2. The summed E-state index contributed by atoms with van der Waals surface area (Å²) in [7, 11) is 5.18. The smallest absolute Gasteiger partial charge is 0.311 e. The van der Waals surface area contributed by atoms with Gasteiger partial charge < -0.3 is 58.9 Å². The predicted molar refractivity (Wildman–Crippen MR) is 186 cm³/mol. The number of Topliss-reactive ketones (excluding diaryl/α,β-unsaturated/α-hetero) is 1. The number of carbonyl (C=O) groups excluding carboxylic acids is 2. The third-order valence-electron chi connectivity index (χ3n) is 11.8. The minimum absolute atomic E-state index is 0.0936. The van der Waals surface area contributed by atoms with E-state index in [2.05, 4.69) is 0 Å². The van der Waals surface area contributed by atoms with Gasteiger partial charge in [0.25, 0.3) is 0 Å². The average Bonchev–Trinajstić information content (AvgIpc) is 3.05. The van der Waals surface area contributed by atoms with Gasteiger partial charge >= 0.3 is 5.97 Å². The van der Waals surface area contributed by atoms with E-state index in [1.807, 2.05) is 25.9 Å². The Balaban J connectivity index is 2.18. The van der Waals surface area contributed by atoms with Crippen LogP contribution in [0.4, 0.5) is 0 Å². The van der Waals surface area contributed by atoms with Crippen LogP contribution in [-0.4, -0.2) is 148 Å². The minimum Gasteiger partial charge on any atom is -0.459 e. The maximum Gasteiger partial charge on any atom is 0.311 e. The molecule has 3 aliphatic heterocycles. The quantitative estimate of drug-likeness (QED) is 0.238. The van der Waals surface area contributed by atoms with Crippen molar-refractivity contribution in [3.8, 4) is 0 Å². The van der Waals surface area contributed by atoms with E-state index in [4.69, 9.17) is 28.4 Å². The van der Waals surface area contributed by atoms with Crippen molar-refractivity contribution in [3.63, 3.8) is 0 Å². The van der Waals surface area contributed by atoms with Crippen LogP contribution in [0.2, 0.25) is 0 Å². The van der Waals surface area contributed by atoms with Crippen molar-refractivity contribution in [2.75, 3.05) is 21.2 Å². The second-order valence-electron chi connectivity index (χ2n) is 16.5. The van der Waals surface area contributed by atoms with Crippen LogP contribution in [-0.2, 0) is 38.0 Å². The van der Waals surface area contributed by atoms with Gasteiger partial charge in [-0.1, -0.05) is 27.7 Å². The summed E-state index contributed by atoms with van der Waals surface area (Å²) in [5.41, 5.74) is -4.84. The van der Waals surface area contributed by atoms with E-state index in [1.54, 1.807) is 41.5 Å². The molecule has 298 valence electrons. The number of ketones is 1. The molecule has 0 bridgehead atoms. The van der Waals surface area contributed by atoms with Gasteiger partial charge in [-0.3, -0.25) is 9.59 Å². The zero-order valence-electron chi connectivity index (χ0n) is 32.9. The van der Waals surface area contributed by atoms with E-state index in [1.165, 1.54) is 27.9 Å². The van der Waals surface area contributed by atoms with Gasteiger partial charge in [0.2, 0.25) is 0 Å². The van der Waals surface area contributed by atoms with Crippen molar-refractivity contribution in [1.82, 2.24) is 4.90 Å². The number of nitrogens with zero attached hydrogens (tertiary/aromatic N) is 1. The van der Waals surface area contributed by atoms with E-state index in [-0.39, 0.29) is 31.4 Å². The lowest BCUT2D eigenvalue weighted by molar-refractivity contribution is -0.318. The molecule has 3 aliphatic rings. The van der Waals surface area contributed by atoms with Gasteiger partial charge in [0.05, 0.1) is 47.6 Å². The average molecular weight is 734 g/mol. The van der Waals surface area contributed by atoms with Crippen LogP contribution in [0.15, 0.2) is 0 Å². The normalized spacial score (nSPS) is 49.7. The Morgan fingerprint density at radius 1 is 0.882 bits per heavy atom. The summed E-state index contributed by atoms with van der Waals surface area (Å²) < 4.78 is 37.1. The largest absolute Gasteiger partial charge is 0.459 e. The van der Waals surface area contributed by atoms with Crippen LogP contribution >= 0.6 is 0 Å². The van der Waals surface area contributed by atoms with Gasteiger partial charge in [0.15, 0.2) is 12.6 Å². The molecule has 3 heterocycles. The number of ether oxygens (including phenoxy) is 6. The SMILES string of the molecule is CC[C@H]1OC(=O)[C@H](C)[C@@H](OC2CC(C)(OC)C(O)C(C)O2)[C@H](C)[C@@H](OC2OC(C)CC(N(C)C)C2O)[C@](C)(O)C[C@@H](C)C(=O)[C@H](C)[C@H](O)[C@]1(C)O. The van der Waals surface area contributed by atoms with Crippen LogP contribution in [0.25, 0.3) is 0 Å². The molecule has 3 rings (SSSR count). The Bertz CT molecular complexity index is 1170. The van der Waals surface area contributed by atoms with Gasteiger partial charge in [-0.05, 0) is 74.9 Å². The second kappa shape index (κ2) is 17.0. The molecule has 0 spiro atoms. The van der Waals surface area contributed by atoms with Crippen LogP contribution in [0.1, 0.15) is 94.9 Å². The molecule has 14 heteroatoms. The molecule has 0 saturated carbocycles. The molecule has 8 unspecified atom stereocenters. The Kier molecular flexibility index (Phi) is 14.7. The third kappa shape index (κ3) is 9.51. The summed E-state index contributed by atoms with van der Waals surface area (Å²) in [6.07, 6.45) is -9.71. The number of cyclic esters (lactones) is 1. The fourth-order valence-electron chi connectivity index (χ4n) is 8.41. The lowest BCUT2D eigenvalue weighted by Gasteiger charge is -2.49. The highest BCUT2D eigenvalue weighted by atomic mass is 16.7. The first-order chi connectivity index (χ1) is 23.4. The number of esters is 1. The van der Waals surface area contributed by atoms with Crippen molar-refractivity contribution in [1.29, 1.82) is 0 Å². The summed E-state index contributed by atoms with van der Waals surface area (Å²) in [5.74, 6) is -4.98. The number of aliphatic hydroxyl groups excluding tert-OH is 3. The highest BCUT2D eigenvalue weighted by molar-refractivity contribution is 5.83. The van der Waals surface area contributed by atoms with Crippen LogP contribution in [0.3, 0.4) is 0 Å². The van der Waals surface area contributed by atoms with Gasteiger partial charge in [-0.25, -0.2) is 0 Å². The molecule has 0 amide bonds. The molecule has 14 nitrogen and oxygen atoms in total. The molecule has 0 radical (unpaired) electrons. The fourth-order valence-corrected chi connectivity index (χ4v) is 8.41. The van der Waals surface area contributed by atoms with Crippen molar-refractivity contribution in [3.05, 3.63) is 0 Å². The number of methoxy groups -OCH3 is 1. The third-order valence-corrected chi connectivity index (χ3v) is 11.8. The standard InChI is InChI=1S/C37H67NO13/c1-14-25-37(10,45)30(41)20(4)27(39)18(2)16-35(8,44)32(51-34-28(40)24(38(11)12)15-19(3)47-34)21(5)29(22(6)33(43)49-25)50-26-17-36(9,46-13)31(42)23(7)48-26/h18-26,28-32,34,40-42,44-45H,14-17H2,1-13H3/t18-,19?,20+,21+,22-,23?,24?,25-,26?,28?,29+,30+,31?,32-,34?,35-,36?,37-/m1/s1. The molecule has 0 aromatic rings. The summed E-state index contributed by atoms with van der Waals surface area (Å²) in [4.78, 5) is 29.8. The second-order valence-corrected chi connectivity index (χ2v) is 16.5. The van der Waals surface area contributed by atoms with Gasteiger partial charge in [0.1, 0.15) is 29.7 Å². The van der Waals surface area contributed by atoms with E-state index in [9.17, 15) is 35.1 Å². The van der Waals surface area contributed by atoms with E-state index >= 15 is 0 Å². The summed E-state index contributed by atoms with van der Waals surface area (Å²) in [6.45, 7) is 16.3. The van der Waals surface area contributed by atoms with Crippen LogP contribution in [0, 0.1) is 23.7 Å². The van der Waals surface area contributed by atoms with Crippen molar-refractivity contribution in [2.45, 2.75) is 179 Å². The molecule has 18 atom stereocenters. The highest BCUT2D eigenvalue weighted by Gasteiger charge is 2.53. The molecule has 3 saturated heterocycles. The molecule has 5 N–H and O–H groups in total. The van der Waals surface area contributed by atoms with Crippen molar-refractivity contribution >= 4 is 11.8 Å². The molecule has 0 aromatic heterocycles. The molecule has 0 aliphatic carbocycles. The minimum atomic E-state index is -1.99. The zero-order chi connectivity index (χ0) is 39.0. The number of likely N-dealkylation sites (N-methyl/N-ethyl adjacent to an activating group) is 1. The van der Waals surface area contributed by atoms with E-state index in [0.29, 0.717) is 6.42 Å². The predicted octanol–water partition coefficient (Wildman–Crippen LogP) is 1.79. The Morgan fingerprint density at radius 3 is 2.04 bits per heavy atom. The number of aliphatic hydroxyl groups is 5. The monoisotopic (exact) mass is 733 g/mol. The molecule has 3 fully saturated rings.